The van der Waals surface area contributed by atoms with Crippen molar-refractivity contribution in [3.8, 4) is 0 Å². The van der Waals surface area contributed by atoms with Crippen molar-refractivity contribution in [3.05, 3.63) is 88.7 Å². The van der Waals surface area contributed by atoms with E-state index in [1.807, 2.05) is 32.0 Å². The van der Waals surface area contributed by atoms with Crippen molar-refractivity contribution in [1.82, 2.24) is 4.57 Å². The van der Waals surface area contributed by atoms with Crippen molar-refractivity contribution >= 4 is 17.4 Å². The summed E-state index contributed by atoms with van der Waals surface area (Å²) in [4.78, 5) is 24.9. The molecule has 3 aromatic rings. The number of amides is 1. The van der Waals surface area contributed by atoms with Crippen LogP contribution in [0.15, 0.2) is 60.8 Å². The van der Waals surface area contributed by atoms with Gasteiger partial charge in [-0.3, -0.25) is 9.59 Å². The van der Waals surface area contributed by atoms with E-state index in [2.05, 4.69) is 5.32 Å². The maximum atomic E-state index is 12.8. The summed E-state index contributed by atoms with van der Waals surface area (Å²) in [5, 5.41) is 2.25. The van der Waals surface area contributed by atoms with Crippen LogP contribution < -0.4 is 5.32 Å². The summed E-state index contributed by atoms with van der Waals surface area (Å²) in [5.74, 6) is -1.82. The van der Waals surface area contributed by atoms with Gasteiger partial charge < -0.3 is 9.88 Å². The van der Waals surface area contributed by atoms with Gasteiger partial charge in [0, 0.05) is 18.4 Å². The van der Waals surface area contributed by atoms with Crippen molar-refractivity contribution in [2.24, 2.45) is 0 Å². The lowest BCUT2D eigenvalue weighted by atomic mass is 10.1. The van der Waals surface area contributed by atoms with Crippen LogP contribution in [0.3, 0.4) is 0 Å². The first kappa shape index (κ1) is 20.4. The molecule has 0 radical (unpaired) electrons. The second-order valence-corrected chi connectivity index (χ2v) is 6.80. The van der Waals surface area contributed by atoms with Crippen LogP contribution in [0.1, 0.15) is 32.7 Å². The Kier molecular flexibility index (Phi) is 5.59. The molecule has 2 aromatic carbocycles. The third-order valence-corrected chi connectivity index (χ3v) is 4.64. The lowest BCUT2D eigenvalue weighted by Crippen LogP contribution is -2.25. The fourth-order valence-corrected chi connectivity index (χ4v) is 2.93. The number of rotatable bonds is 5. The summed E-state index contributed by atoms with van der Waals surface area (Å²) in [6.07, 6.45) is -2.86. The molecule has 0 saturated carbocycles. The normalized spacial score (nSPS) is 11.3. The van der Waals surface area contributed by atoms with E-state index >= 15 is 0 Å². The number of alkyl halides is 3. The van der Waals surface area contributed by atoms with Crippen LogP contribution >= 0.6 is 0 Å². The molecule has 1 aromatic heterocycles. The zero-order valence-corrected chi connectivity index (χ0v) is 15.9. The molecule has 0 atom stereocenters. The highest BCUT2D eigenvalue weighted by atomic mass is 19.4. The molecule has 0 aliphatic carbocycles. The maximum Gasteiger partial charge on any atom is 0.416 e. The van der Waals surface area contributed by atoms with Gasteiger partial charge in [-0.25, -0.2) is 0 Å². The van der Waals surface area contributed by atoms with E-state index in [1.54, 1.807) is 16.8 Å². The number of carbonyl (C=O) groups excluding carboxylic acids is 2. The summed E-state index contributed by atoms with van der Waals surface area (Å²) in [6, 6.07) is 13.2. The van der Waals surface area contributed by atoms with Gasteiger partial charge in [-0.2, -0.15) is 13.2 Å². The molecule has 7 heteroatoms. The number of hydrogen-bond donors (Lipinski definition) is 1. The summed E-state index contributed by atoms with van der Waals surface area (Å²) >= 11 is 0. The van der Waals surface area contributed by atoms with Crippen LogP contribution in [0.25, 0.3) is 0 Å². The predicted molar refractivity (Wildman–Crippen MR) is 104 cm³/mol. The van der Waals surface area contributed by atoms with Crippen LogP contribution in [0.2, 0.25) is 0 Å². The van der Waals surface area contributed by atoms with E-state index in [0.29, 0.717) is 6.54 Å². The SMILES string of the molecule is Cc1ccc(Cn2cccc2C(=O)C(=O)Nc2cccc(C(F)(F)F)c2)cc1C. The standard InChI is InChI=1S/C22H19F3N2O2/c1-14-8-9-16(11-15(14)2)13-27-10-4-7-19(27)20(28)21(29)26-18-6-3-5-17(12-18)22(23,24)25/h3-12H,13H2,1-2H3,(H,26,29). The lowest BCUT2D eigenvalue weighted by molar-refractivity contribution is -0.137. The van der Waals surface area contributed by atoms with Crippen molar-refractivity contribution < 1.29 is 22.8 Å². The zero-order chi connectivity index (χ0) is 21.2. The van der Waals surface area contributed by atoms with Crippen LogP contribution in [0.5, 0.6) is 0 Å². The number of nitrogens with one attached hydrogen (secondary N) is 1. The molecule has 150 valence electrons. The van der Waals surface area contributed by atoms with Crippen LogP contribution in [-0.2, 0) is 17.5 Å². The number of nitrogens with zero attached hydrogens (tertiary/aromatic N) is 1. The number of aromatic nitrogens is 1. The summed E-state index contributed by atoms with van der Waals surface area (Å²) in [5.41, 5.74) is 2.40. The molecule has 1 N–H and O–H groups in total. The van der Waals surface area contributed by atoms with Crippen LogP contribution in [-0.4, -0.2) is 16.3 Å². The minimum absolute atomic E-state index is 0.0922. The van der Waals surface area contributed by atoms with E-state index in [-0.39, 0.29) is 11.4 Å². The molecule has 0 aliphatic heterocycles. The van der Waals surface area contributed by atoms with Crippen LogP contribution in [0.4, 0.5) is 18.9 Å². The molecule has 0 bridgehead atoms. The van der Waals surface area contributed by atoms with E-state index in [4.69, 9.17) is 0 Å². The average molecular weight is 400 g/mol. The number of halogens is 3. The Morgan fingerprint density at radius 1 is 0.966 bits per heavy atom. The van der Waals surface area contributed by atoms with Crippen molar-refractivity contribution in [1.29, 1.82) is 0 Å². The summed E-state index contributed by atoms with van der Waals surface area (Å²) < 4.78 is 40.1. The molecular formula is C22H19F3N2O2. The Morgan fingerprint density at radius 2 is 1.72 bits per heavy atom. The molecule has 0 aliphatic rings. The highest BCUT2D eigenvalue weighted by Crippen LogP contribution is 2.30. The highest BCUT2D eigenvalue weighted by molar-refractivity contribution is 6.46. The Balaban J connectivity index is 1.77. The first-order valence-electron chi connectivity index (χ1n) is 8.89. The topological polar surface area (TPSA) is 51.1 Å². The van der Waals surface area contributed by atoms with Crippen molar-refractivity contribution in [2.45, 2.75) is 26.6 Å². The van der Waals surface area contributed by atoms with Gasteiger partial charge in [0.05, 0.1) is 11.3 Å². The van der Waals surface area contributed by atoms with E-state index < -0.39 is 23.4 Å². The number of benzene rings is 2. The quantitative estimate of drug-likeness (QED) is 0.484. The zero-order valence-electron chi connectivity index (χ0n) is 15.9. The van der Waals surface area contributed by atoms with Gasteiger partial charge in [0.2, 0.25) is 0 Å². The average Bonchev–Trinajstić information content (AvgIpc) is 3.11. The van der Waals surface area contributed by atoms with E-state index in [9.17, 15) is 22.8 Å². The molecule has 0 saturated heterocycles. The number of ketones is 1. The molecule has 4 nitrogen and oxygen atoms in total. The van der Waals surface area contributed by atoms with E-state index in [1.165, 1.54) is 18.2 Å². The summed E-state index contributed by atoms with van der Waals surface area (Å²) in [7, 11) is 0. The Hall–Kier alpha value is -3.35. The Morgan fingerprint density at radius 3 is 2.41 bits per heavy atom. The number of aryl methyl sites for hydroxylation is 2. The minimum atomic E-state index is -4.54. The van der Waals surface area contributed by atoms with Gasteiger partial charge >= 0.3 is 6.18 Å². The fraction of sp³-hybridized carbons (Fsp3) is 0.182. The highest BCUT2D eigenvalue weighted by Gasteiger charge is 2.30. The second-order valence-electron chi connectivity index (χ2n) is 6.80. The molecule has 29 heavy (non-hydrogen) atoms. The van der Waals surface area contributed by atoms with Crippen molar-refractivity contribution in [3.63, 3.8) is 0 Å². The van der Waals surface area contributed by atoms with Gasteiger partial charge in [0.15, 0.2) is 0 Å². The predicted octanol–water partition coefficient (Wildman–Crippen LogP) is 4.99. The minimum Gasteiger partial charge on any atom is -0.340 e. The fourth-order valence-electron chi connectivity index (χ4n) is 2.93. The molecule has 1 amide bonds. The molecule has 3 rings (SSSR count). The summed E-state index contributed by atoms with van der Waals surface area (Å²) in [6.45, 7) is 4.39. The number of anilines is 1. The molecule has 0 unspecified atom stereocenters. The first-order chi connectivity index (χ1) is 13.6. The monoisotopic (exact) mass is 400 g/mol. The van der Waals surface area contributed by atoms with Gasteiger partial charge in [0.1, 0.15) is 0 Å². The van der Waals surface area contributed by atoms with E-state index in [0.717, 1.165) is 28.8 Å². The van der Waals surface area contributed by atoms with Gasteiger partial charge in [-0.1, -0.05) is 24.3 Å². The smallest absolute Gasteiger partial charge is 0.340 e. The Bertz CT molecular complexity index is 1070. The lowest BCUT2D eigenvalue weighted by Gasteiger charge is -2.11. The third-order valence-electron chi connectivity index (χ3n) is 4.64. The number of Topliss-reactive ketones (excluding diaryl/α,β-unsaturated/α-hetero) is 1. The maximum absolute atomic E-state index is 12.8. The molecule has 1 heterocycles. The molecular weight excluding hydrogens is 381 g/mol. The van der Waals surface area contributed by atoms with Crippen LogP contribution in [0, 0.1) is 13.8 Å². The largest absolute Gasteiger partial charge is 0.416 e. The second kappa shape index (κ2) is 7.95. The number of carbonyl (C=O) groups is 2. The van der Waals surface area contributed by atoms with Gasteiger partial charge in [-0.05, 0) is 60.9 Å². The van der Waals surface area contributed by atoms with Gasteiger partial charge in [0.25, 0.3) is 11.7 Å². The first-order valence-corrected chi connectivity index (χ1v) is 8.89. The third kappa shape index (κ3) is 4.74. The molecule has 0 fully saturated rings. The number of hydrogen-bond acceptors (Lipinski definition) is 2. The van der Waals surface area contributed by atoms with Gasteiger partial charge in [-0.15, -0.1) is 0 Å². The Labute approximate surface area is 166 Å². The molecule has 0 spiro atoms. The van der Waals surface area contributed by atoms with Crippen molar-refractivity contribution in [2.75, 3.05) is 5.32 Å².